The maximum atomic E-state index is 5.69. The van der Waals surface area contributed by atoms with Gasteiger partial charge in [0, 0.05) is 47.9 Å². The van der Waals surface area contributed by atoms with Crippen molar-refractivity contribution in [3.8, 4) is 44.5 Å². The number of fused-ring (bicyclic) bond motifs is 8. The molecule has 0 radical (unpaired) electrons. The van der Waals surface area contributed by atoms with E-state index in [1.165, 1.54) is 37.0 Å². The molecule has 0 unspecified atom stereocenters. The molecule has 9 rings (SSSR count). The molecule has 0 amide bonds. The summed E-state index contributed by atoms with van der Waals surface area (Å²) >= 11 is 2.40. The van der Waals surface area contributed by atoms with Gasteiger partial charge in [0.2, 0.25) is 0 Å². The lowest BCUT2D eigenvalue weighted by molar-refractivity contribution is 0.568. The first-order valence-corrected chi connectivity index (χ1v) is 27.3. The van der Waals surface area contributed by atoms with Crippen LogP contribution in [-0.4, -0.2) is 19.9 Å². The third-order valence-electron chi connectivity index (χ3n) is 14.7. The van der Waals surface area contributed by atoms with Gasteiger partial charge < -0.3 is 9.97 Å². The first-order chi connectivity index (χ1) is 33.8. The summed E-state index contributed by atoms with van der Waals surface area (Å²) in [4.78, 5) is 19.6. The second kappa shape index (κ2) is 18.2. The molecule has 0 fully saturated rings. The predicted molar refractivity (Wildman–Crippen MR) is 326 cm³/mol. The molecule has 3 aromatic heterocycles. The first kappa shape index (κ1) is 52.1. The van der Waals surface area contributed by atoms with Crippen LogP contribution in [0.1, 0.15) is 181 Å². The van der Waals surface area contributed by atoms with E-state index in [9.17, 15) is 0 Å². The predicted octanol–water partition coefficient (Wildman–Crippen LogP) is 19.7. The van der Waals surface area contributed by atoms with E-state index in [0.717, 1.165) is 89.4 Å². The number of aromatic nitrogens is 4. The lowest BCUT2D eigenvalue weighted by Gasteiger charge is -2.26. The molecular weight excluding hydrogens is 1000 g/mol. The summed E-state index contributed by atoms with van der Waals surface area (Å²) in [5, 5.41) is 0. The van der Waals surface area contributed by atoms with Gasteiger partial charge in [0.15, 0.2) is 0 Å². The molecule has 2 aliphatic rings. The maximum Gasteiger partial charge on any atom is 0.0738 e. The van der Waals surface area contributed by atoms with Crippen LogP contribution in [0.2, 0.25) is 0 Å². The van der Waals surface area contributed by atoms with E-state index >= 15 is 0 Å². The van der Waals surface area contributed by atoms with Crippen molar-refractivity contribution in [2.75, 3.05) is 0 Å². The highest BCUT2D eigenvalue weighted by Crippen LogP contribution is 2.44. The lowest BCUT2D eigenvalue weighted by atomic mass is 9.78. The second-order valence-corrected chi connectivity index (χ2v) is 28.2. The van der Waals surface area contributed by atoms with Crippen LogP contribution < -0.4 is 0 Å². The summed E-state index contributed by atoms with van der Waals surface area (Å²) in [5.41, 5.74) is 23.7. The van der Waals surface area contributed by atoms with Crippen molar-refractivity contribution in [2.24, 2.45) is 0 Å². The Kier molecular flexibility index (Phi) is 13.0. The molecule has 8 bridgehead atoms. The smallest absolute Gasteiger partial charge is 0.0738 e. The van der Waals surface area contributed by atoms with Crippen LogP contribution in [0.3, 0.4) is 0 Å². The Morgan fingerprint density at radius 2 is 0.534 bits per heavy atom. The number of hydrogen-bond donors (Lipinski definition) is 2. The third-order valence-corrected chi connectivity index (χ3v) is 15.5. The molecule has 7 aromatic rings. The molecule has 2 aliphatic heterocycles. The minimum absolute atomic E-state index is 0.0827. The van der Waals surface area contributed by atoms with Gasteiger partial charge in [-0.15, -0.1) is 0 Å². The summed E-state index contributed by atoms with van der Waals surface area (Å²) < 4.78 is 1.18. The molecule has 0 aliphatic carbocycles. The van der Waals surface area contributed by atoms with Crippen LogP contribution in [0.5, 0.6) is 0 Å². The van der Waals surface area contributed by atoms with Crippen molar-refractivity contribution in [1.29, 1.82) is 0 Å². The largest absolute Gasteiger partial charge is 0.354 e. The molecule has 4 nitrogen and oxygen atoms in total. The number of halogens is 1. The SMILES string of the molecule is CC(C)(C)c1cc(-c2c3nc(c(-c4ccc(I)cc4)c4nc(c(-c5cc(C(C)(C)C)cc(C(C)(C)C)c5)c5ccc([nH]5)c(-c5cc(C(C)(C)C)cc(C(C)(C)C)c5)c5ccc2[nH]5)C=C4)C=C3)cc(C(C)(C)C)c1. The van der Waals surface area contributed by atoms with E-state index in [0.29, 0.717) is 0 Å². The zero-order chi connectivity index (χ0) is 53.0. The molecule has 0 atom stereocenters. The summed E-state index contributed by atoms with van der Waals surface area (Å²) in [6.45, 7) is 41.7. The van der Waals surface area contributed by atoms with E-state index in [1.54, 1.807) is 0 Å². The molecule has 376 valence electrons. The summed E-state index contributed by atoms with van der Waals surface area (Å²) in [7, 11) is 0. The minimum atomic E-state index is -0.0827. The number of nitrogens with one attached hydrogen (secondary N) is 2. The number of rotatable bonds is 4. The highest BCUT2D eigenvalue weighted by Gasteiger charge is 2.27. The summed E-state index contributed by atoms with van der Waals surface area (Å²) in [6, 6.07) is 39.6. The molecule has 73 heavy (non-hydrogen) atoms. The van der Waals surface area contributed by atoms with Crippen LogP contribution in [0.15, 0.2) is 103 Å². The lowest BCUT2D eigenvalue weighted by Crippen LogP contribution is -2.16. The van der Waals surface area contributed by atoms with E-state index in [1.807, 2.05) is 0 Å². The highest BCUT2D eigenvalue weighted by atomic mass is 127. The molecule has 2 N–H and O–H groups in total. The Morgan fingerprint density at radius 3 is 0.808 bits per heavy atom. The third kappa shape index (κ3) is 10.6. The topological polar surface area (TPSA) is 57.4 Å². The number of hydrogen-bond acceptors (Lipinski definition) is 2. The van der Waals surface area contributed by atoms with Gasteiger partial charge in [-0.25, -0.2) is 9.97 Å². The fourth-order valence-electron chi connectivity index (χ4n) is 9.95. The zero-order valence-corrected chi connectivity index (χ0v) is 49.1. The van der Waals surface area contributed by atoms with Gasteiger partial charge in [0.25, 0.3) is 0 Å². The Balaban J connectivity index is 1.53. The number of nitrogens with zero attached hydrogens (tertiary/aromatic N) is 2. The quantitative estimate of drug-likeness (QED) is 0.173. The average molecular weight is 1080 g/mol. The van der Waals surface area contributed by atoms with Gasteiger partial charge >= 0.3 is 0 Å². The van der Waals surface area contributed by atoms with Crippen molar-refractivity contribution in [3.05, 3.63) is 163 Å². The van der Waals surface area contributed by atoms with Crippen LogP contribution in [-0.2, 0) is 32.5 Å². The molecule has 5 heteroatoms. The fraction of sp³-hybridized carbons (Fsp3) is 0.353. The van der Waals surface area contributed by atoms with Crippen molar-refractivity contribution in [1.82, 2.24) is 19.9 Å². The Bertz CT molecular complexity index is 3270. The fourth-order valence-corrected chi connectivity index (χ4v) is 10.3. The normalized spacial score (nSPS) is 13.6. The van der Waals surface area contributed by atoms with E-state index in [2.05, 4.69) is 285 Å². The van der Waals surface area contributed by atoms with Crippen molar-refractivity contribution in [2.45, 2.75) is 157 Å². The summed E-state index contributed by atoms with van der Waals surface area (Å²) in [5.74, 6) is 0. The maximum absolute atomic E-state index is 5.69. The van der Waals surface area contributed by atoms with Crippen molar-refractivity contribution < 1.29 is 0 Å². The van der Waals surface area contributed by atoms with Crippen molar-refractivity contribution in [3.63, 3.8) is 0 Å². The first-order valence-electron chi connectivity index (χ1n) is 26.2. The Morgan fingerprint density at radius 1 is 0.288 bits per heavy atom. The minimum Gasteiger partial charge on any atom is -0.354 e. The zero-order valence-electron chi connectivity index (χ0n) is 46.9. The molecule has 0 saturated heterocycles. The number of aromatic amines is 2. The van der Waals surface area contributed by atoms with Gasteiger partial charge in [-0.3, -0.25) is 0 Å². The van der Waals surface area contributed by atoms with Crippen molar-refractivity contribution >= 4 is 69.0 Å². The monoisotopic (exact) mass is 1080 g/mol. The van der Waals surface area contributed by atoms with Crippen LogP contribution in [0.4, 0.5) is 0 Å². The number of H-pyrrole nitrogens is 2. The molecule has 5 heterocycles. The Labute approximate surface area is 450 Å². The van der Waals surface area contributed by atoms with Gasteiger partial charge in [-0.1, -0.05) is 191 Å². The Hall–Kier alpha value is -5.79. The van der Waals surface area contributed by atoms with Gasteiger partial charge in [0.1, 0.15) is 0 Å². The van der Waals surface area contributed by atoms with Gasteiger partial charge in [-0.2, -0.15) is 0 Å². The van der Waals surface area contributed by atoms with Gasteiger partial charge in [-0.05, 0) is 171 Å². The average Bonchev–Trinajstić information content (AvgIpc) is 4.13. The van der Waals surface area contributed by atoms with E-state index < -0.39 is 0 Å². The molecule has 4 aromatic carbocycles. The van der Waals surface area contributed by atoms with Crippen LogP contribution in [0.25, 0.3) is 90.9 Å². The molecule has 0 saturated carbocycles. The van der Waals surface area contributed by atoms with E-state index in [-0.39, 0.29) is 32.5 Å². The van der Waals surface area contributed by atoms with Crippen LogP contribution >= 0.6 is 22.6 Å². The molecule has 0 spiro atoms. The standard InChI is InChI=1S/C68H77IN4/c1-63(2,3)44-31-41(32-45(37-44)64(4,5)6)60-53-25-23-51(70-53)59(40-19-21-50(69)22-20-40)52-24-26-54(71-52)61(42-33-46(65(7,8)9)38-47(34-42)66(10,11)12)56-28-30-58(73-56)62(57-29-27-55(60)72-57)43-35-48(67(13,14)15)39-49(36-43)68(16,17)18/h19-39,72-73H,1-18H3. The molecular formula is C68H77IN4. The van der Waals surface area contributed by atoms with Crippen LogP contribution in [0, 0.1) is 3.57 Å². The van der Waals surface area contributed by atoms with Gasteiger partial charge in [0.05, 0.1) is 22.8 Å². The number of benzene rings is 4. The summed E-state index contributed by atoms with van der Waals surface area (Å²) in [6.07, 6.45) is 8.83. The second-order valence-electron chi connectivity index (χ2n) is 26.9. The van der Waals surface area contributed by atoms with E-state index in [4.69, 9.17) is 9.97 Å². The highest BCUT2D eigenvalue weighted by molar-refractivity contribution is 14.1.